The van der Waals surface area contributed by atoms with E-state index in [4.69, 9.17) is 9.84 Å². The SMILES string of the molecule is C[C@@H]1CN([C@H](C)CO)C(=O)CCCn2nncc2CO[C@@H]1CN(C)Cc1ccc(C(=O)O)cc1. The number of ether oxygens (including phenoxy) is 1. The van der Waals surface area contributed by atoms with E-state index in [1.165, 1.54) is 0 Å². The number of carbonyl (C=O) groups excluding carboxylic acids is 1. The summed E-state index contributed by atoms with van der Waals surface area (Å²) in [6, 6.07) is 6.58. The molecule has 0 aliphatic carbocycles. The number of aliphatic hydroxyl groups is 1. The second-order valence-electron chi connectivity index (χ2n) is 9.16. The number of amides is 1. The fraction of sp³-hybridized carbons (Fsp3) is 0.583. The summed E-state index contributed by atoms with van der Waals surface area (Å²) in [5, 5.41) is 27.0. The third-order valence-corrected chi connectivity index (χ3v) is 6.28. The van der Waals surface area contributed by atoms with Gasteiger partial charge in [-0.1, -0.05) is 24.3 Å². The Kier molecular flexibility index (Phi) is 9.14. The van der Waals surface area contributed by atoms with Crippen LogP contribution in [0.3, 0.4) is 0 Å². The first-order chi connectivity index (χ1) is 16.3. The average molecular weight is 474 g/mol. The lowest BCUT2D eigenvalue weighted by atomic mass is 10.0. The first-order valence-electron chi connectivity index (χ1n) is 11.7. The van der Waals surface area contributed by atoms with Crippen molar-refractivity contribution < 1.29 is 24.5 Å². The van der Waals surface area contributed by atoms with Gasteiger partial charge in [0.25, 0.3) is 0 Å². The molecule has 0 bridgehead atoms. The molecule has 0 saturated heterocycles. The maximum absolute atomic E-state index is 12.9. The van der Waals surface area contributed by atoms with E-state index in [0.29, 0.717) is 45.6 Å². The highest BCUT2D eigenvalue weighted by molar-refractivity contribution is 5.87. The number of aryl methyl sites for hydroxylation is 1. The van der Waals surface area contributed by atoms with E-state index in [2.05, 4.69) is 22.1 Å². The molecule has 0 fully saturated rings. The number of likely N-dealkylation sites (N-methyl/N-ethyl adjacent to an activating group) is 1. The Balaban J connectivity index is 1.75. The van der Waals surface area contributed by atoms with Gasteiger partial charge in [0.1, 0.15) is 0 Å². The van der Waals surface area contributed by atoms with Gasteiger partial charge in [-0.3, -0.25) is 9.69 Å². The molecule has 2 N–H and O–H groups in total. The summed E-state index contributed by atoms with van der Waals surface area (Å²) in [6.07, 6.45) is 2.54. The predicted molar refractivity (Wildman–Crippen MR) is 125 cm³/mol. The smallest absolute Gasteiger partial charge is 0.335 e. The Morgan fingerprint density at radius 2 is 2.06 bits per heavy atom. The second-order valence-corrected chi connectivity index (χ2v) is 9.16. The summed E-state index contributed by atoms with van der Waals surface area (Å²) >= 11 is 0. The molecule has 1 aromatic heterocycles. The molecule has 34 heavy (non-hydrogen) atoms. The second kappa shape index (κ2) is 12.0. The molecule has 1 amide bonds. The average Bonchev–Trinajstić information content (AvgIpc) is 3.26. The van der Waals surface area contributed by atoms with Gasteiger partial charge in [0.05, 0.1) is 42.8 Å². The highest BCUT2D eigenvalue weighted by Crippen LogP contribution is 2.19. The third-order valence-electron chi connectivity index (χ3n) is 6.28. The predicted octanol–water partition coefficient (Wildman–Crippen LogP) is 1.63. The van der Waals surface area contributed by atoms with Crippen molar-refractivity contribution in [3.8, 4) is 0 Å². The normalized spacial score (nSPS) is 21.0. The van der Waals surface area contributed by atoms with Crippen molar-refractivity contribution in [2.45, 2.75) is 58.5 Å². The minimum absolute atomic E-state index is 0.0125. The Labute approximate surface area is 200 Å². The molecule has 1 aromatic carbocycles. The van der Waals surface area contributed by atoms with Crippen molar-refractivity contribution in [1.29, 1.82) is 0 Å². The van der Waals surface area contributed by atoms with E-state index >= 15 is 0 Å². The zero-order valence-electron chi connectivity index (χ0n) is 20.1. The van der Waals surface area contributed by atoms with Crippen molar-refractivity contribution in [2.24, 2.45) is 5.92 Å². The summed E-state index contributed by atoms with van der Waals surface area (Å²) in [7, 11) is 1.99. The van der Waals surface area contributed by atoms with Crippen LogP contribution in [0.1, 0.15) is 48.3 Å². The topological polar surface area (TPSA) is 121 Å². The minimum atomic E-state index is -0.944. The standard InChI is InChI=1S/C24H35N5O5/c1-17-12-28(18(2)15-30)23(31)5-4-10-29-21(11-25-26-29)16-34-22(17)14-27(3)13-19-6-8-20(9-7-19)24(32)33/h6-9,11,17-18,22,30H,4-5,10,12-16H2,1-3H3,(H,32,33)/t17-,18-,22-/m1/s1. The number of carbonyl (C=O) groups is 2. The number of fused-ring (bicyclic) bond motifs is 1. The molecule has 10 nitrogen and oxygen atoms in total. The zero-order chi connectivity index (χ0) is 24.7. The molecule has 0 saturated carbocycles. The van der Waals surface area contributed by atoms with Crippen LogP contribution in [-0.4, -0.2) is 85.8 Å². The number of nitrogens with zero attached hydrogens (tertiary/aromatic N) is 5. The Bertz CT molecular complexity index is 947. The fourth-order valence-electron chi connectivity index (χ4n) is 4.18. The van der Waals surface area contributed by atoms with Crippen LogP contribution in [0.2, 0.25) is 0 Å². The summed E-state index contributed by atoms with van der Waals surface area (Å²) in [4.78, 5) is 27.9. The van der Waals surface area contributed by atoms with Crippen LogP contribution in [0.15, 0.2) is 30.5 Å². The van der Waals surface area contributed by atoms with Crippen LogP contribution in [0, 0.1) is 5.92 Å². The lowest BCUT2D eigenvalue weighted by Gasteiger charge is -2.35. The highest BCUT2D eigenvalue weighted by atomic mass is 16.5. The van der Waals surface area contributed by atoms with Gasteiger partial charge < -0.3 is 19.8 Å². The first kappa shape index (κ1) is 25.8. The number of carboxylic acid groups (broad SMARTS) is 1. The molecular formula is C24H35N5O5. The largest absolute Gasteiger partial charge is 0.478 e. The molecule has 186 valence electrons. The summed E-state index contributed by atoms with van der Waals surface area (Å²) in [6.45, 7) is 6.50. The molecule has 1 aliphatic heterocycles. The summed E-state index contributed by atoms with van der Waals surface area (Å²) in [5.41, 5.74) is 2.13. The van der Waals surface area contributed by atoms with Crippen LogP contribution in [0.5, 0.6) is 0 Å². The molecule has 0 unspecified atom stereocenters. The number of aliphatic hydroxyl groups excluding tert-OH is 1. The number of carboxylic acids is 1. The van der Waals surface area contributed by atoms with Crippen molar-refractivity contribution >= 4 is 11.9 Å². The molecule has 3 rings (SSSR count). The first-order valence-corrected chi connectivity index (χ1v) is 11.7. The maximum Gasteiger partial charge on any atom is 0.335 e. The van der Waals surface area contributed by atoms with Crippen LogP contribution in [0.4, 0.5) is 0 Å². The van der Waals surface area contributed by atoms with E-state index in [-0.39, 0.29) is 36.1 Å². The number of rotatable bonds is 7. The van der Waals surface area contributed by atoms with Crippen molar-refractivity contribution in [3.05, 3.63) is 47.3 Å². The monoisotopic (exact) mass is 473 g/mol. The molecule has 0 spiro atoms. The van der Waals surface area contributed by atoms with E-state index in [1.54, 1.807) is 27.9 Å². The van der Waals surface area contributed by atoms with Gasteiger partial charge in [0.15, 0.2) is 0 Å². The van der Waals surface area contributed by atoms with Gasteiger partial charge in [-0.05, 0) is 38.1 Å². The van der Waals surface area contributed by atoms with Gasteiger partial charge in [0.2, 0.25) is 5.91 Å². The quantitative estimate of drug-likeness (QED) is 0.623. The van der Waals surface area contributed by atoms with E-state index < -0.39 is 5.97 Å². The number of hydrogen-bond donors (Lipinski definition) is 2. The molecule has 0 radical (unpaired) electrons. The van der Waals surface area contributed by atoms with Crippen molar-refractivity contribution in [2.75, 3.05) is 26.7 Å². The fourth-order valence-corrected chi connectivity index (χ4v) is 4.18. The zero-order valence-corrected chi connectivity index (χ0v) is 20.1. The maximum atomic E-state index is 12.9. The van der Waals surface area contributed by atoms with Crippen LogP contribution >= 0.6 is 0 Å². The van der Waals surface area contributed by atoms with Gasteiger partial charge >= 0.3 is 5.97 Å². The third kappa shape index (κ3) is 6.85. The Morgan fingerprint density at radius 1 is 1.32 bits per heavy atom. The van der Waals surface area contributed by atoms with Gasteiger partial charge in [-0.2, -0.15) is 0 Å². The molecule has 2 aromatic rings. The number of hydrogen-bond acceptors (Lipinski definition) is 7. The molecule has 2 heterocycles. The van der Waals surface area contributed by atoms with Crippen molar-refractivity contribution in [3.63, 3.8) is 0 Å². The van der Waals surface area contributed by atoms with Gasteiger partial charge in [-0.15, -0.1) is 5.10 Å². The van der Waals surface area contributed by atoms with Crippen LogP contribution in [-0.2, 0) is 29.2 Å². The summed E-state index contributed by atoms with van der Waals surface area (Å²) < 4.78 is 8.13. The molecule has 3 atom stereocenters. The highest BCUT2D eigenvalue weighted by Gasteiger charge is 2.28. The summed E-state index contributed by atoms with van der Waals surface area (Å²) in [5.74, 6) is -0.917. The van der Waals surface area contributed by atoms with Crippen LogP contribution < -0.4 is 0 Å². The lowest BCUT2D eigenvalue weighted by Crippen LogP contribution is -2.47. The van der Waals surface area contributed by atoms with Crippen molar-refractivity contribution in [1.82, 2.24) is 24.8 Å². The Hall–Kier alpha value is -2.82. The lowest BCUT2D eigenvalue weighted by molar-refractivity contribution is -0.136. The number of benzene rings is 1. The molecule has 1 aliphatic rings. The van der Waals surface area contributed by atoms with E-state index in [1.807, 2.05) is 26.1 Å². The van der Waals surface area contributed by atoms with E-state index in [9.17, 15) is 14.7 Å². The van der Waals surface area contributed by atoms with Gasteiger partial charge in [0, 0.05) is 38.5 Å². The molecule has 10 heteroatoms. The minimum Gasteiger partial charge on any atom is -0.478 e. The Morgan fingerprint density at radius 3 is 2.74 bits per heavy atom. The number of aromatic nitrogens is 3. The molecular weight excluding hydrogens is 438 g/mol. The van der Waals surface area contributed by atoms with E-state index in [0.717, 1.165) is 11.3 Å². The van der Waals surface area contributed by atoms with Gasteiger partial charge in [-0.25, -0.2) is 9.48 Å². The number of aromatic carboxylic acids is 1. The van der Waals surface area contributed by atoms with Crippen LogP contribution in [0.25, 0.3) is 0 Å².